The maximum Gasteiger partial charge on any atom is 0.136 e. The van der Waals surface area contributed by atoms with E-state index in [1.807, 2.05) is 0 Å². The van der Waals surface area contributed by atoms with Crippen LogP contribution in [0.3, 0.4) is 0 Å². The fourth-order valence-electron chi connectivity index (χ4n) is 8.57. The molecular weight excluding hydrogens is 580 g/mol. The maximum absolute atomic E-state index is 2.46. The number of aryl methyl sites for hydroxylation is 12. The molecule has 0 spiro atoms. The second-order valence-electron chi connectivity index (χ2n) is 14.4. The Bertz CT molecular complexity index is 1850. The third kappa shape index (κ3) is 6.04. The second kappa shape index (κ2) is 12.9. The molecule has 0 bridgehead atoms. The first-order valence-electron chi connectivity index (χ1n) is 17.2. The van der Waals surface area contributed by atoms with Crippen molar-refractivity contribution in [2.75, 3.05) is 9.80 Å². The lowest BCUT2D eigenvalue weighted by molar-refractivity contribution is 0.879. The fourth-order valence-corrected chi connectivity index (χ4v) is 8.57. The maximum atomic E-state index is 2.46. The van der Waals surface area contributed by atoms with Crippen LogP contribution in [0.4, 0.5) is 11.4 Å². The summed E-state index contributed by atoms with van der Waals surface area (Å²) in [7, 11) is 4.78. The van der Waals surface area contributed by atoms with Gasteiger partial charge >= 0.3 is 0 Å². The first-order chi connectivity index (χ1) is 22.7. The molecule has 3 nitrogen and oxygen atoms in total. The molecule has 2 radical (unpaired) electrons. The Kier molecular flexibility index (Phi) is 9.02. The van der Waals surface area contributed by atoms with Gasteiger partial charge in [-0.3, -0.25) is 0 Å². The van der Waals surface area contributed by atoms with Crippen LogP contribution in [0.15, 0.2) is 73.2 Å². The molecule has 48 heavy (non-hydrogen) atoms. The van der Waals surface area contributed by atoms with Crippen LogP contribution in [-0.2, 0) is 0 Å². The van der Waals surface area contributed by atoms with Crippen LogP contribution in [0.2, 0.25) is 0 Å². The highest BCUT2D eigenvalue weighted by Gasteiger charge is 2.33. The van der Waals surface area contributed by atoms with Crippen LogP contribution >= 0.6 is 0 Å². The van der Waals surface area contributed by atoms with Gasteiger partial charge in [0.15, 0.2) is 0 Å². The molecule has 0 unspecified atom stereocenters. The predicted molar refractivity (Wildman–Crippen MR) is 210 cm³/mol. The minimum atomic E-state index is -0.0539. The highest BCUT2D eigenvalue weighted by atomic mass is 15.4. The van der Waals surface area contributed by atoms with E-state index in [0.717, 1.165) is 0 Å². The van der Waals surface area contributed by atoms with Crippen LogP contribution < -0.4 is 15.4 Å². The molecular formula is C43H49B2N3. The fraction of sp³-hybridized carbons (Fsp3) is 0.302. The first kappa shape index (κ1) is 33.5. The predicted octanol–water partition coefficient (Wildman–Crippen LogP) is 9.58. The van der Waals surface area contributed by atoms with Gasteiger partial charge in [-0.15, -0.1) is 0 Å². The molecule has 0 saturated heterocycles. The first-order valence-corrected chi connectivity index (χ1v) is 17.2. The van der Waals surface area contributed by atoms with E-state index in [0.29, 0.717) is 0 Å². The van der Waals surface area contributed by atoms with Gasteiger partial charge in [0.25, 0.3) is 0 Å². The number of hydrogen-bond donors (Lipinski definition) is 0. The summed E-state index contributed by atoms with van der Waals surface area (Å²) in [5, 5.41) is 0. The SMILES string of the molecule is Cc1cc(C)c(-c2ccn(-c3c(C)cc(C)cc3C)c2[B][B]C2N(c3c(C)cc(C)cc3C)C=CN2c2c(C)cc(C)cc2C)c(C)c1. The summed E-state index contributed by atoms with van der Waals surface area (Å²) < 4.78 is 2.41. The molecule has 0 fully saturated rings. The third-order valence-electron chi connectivity index (χ3n) is 9.92. The smallest absolute Gasteiger partial charge is 0.136 e. The van der Waals surface area contributed by atoms with Gasteiger partial charge in [0.05, 0.1) is 11.8 Å². The van der Waals surface area contributed by atoms with Crippen LogP contribution in [0.25, 0.3) is 16.8 Å². The van der Waals surface area contributed by atoms with Gasteiger partial charge in [-0.2, -0.15) is 0 Å². The molecule has 0 saturated carbocycles. The lowest BCUT2D eigenvalue weighted by atomic mass is 9.35. The van der Waals surface area contributed by atoms with Crippen molar-refractivity contribution in [3.63, 3.8) is 0 Å². The summed E-state index contributed by atoms with van der Waals surface area (Å²) in [6, 6.07) is 20.7. The lowest BCUT2D eigenvalue weighted by Crippen LogP contribution is -2.49. The van der Waals surface area contributed by atoms with E-state index < -0.39 is 0 Å². The average molecular weight is 630 g/mol. The molecule has 0 aliphatic carbocycles. The third-order valence-corrected chi connectivity index (χ3v) is 9.92. The molecule has 242 valence electrons. The number of rotatable bonds is 7. The number of anilines is 2. The standard InChI is InChI=1S/C43H49B2N3/c1-25-17-29(5)38(30(6)18-25)37-13-14-46(39-31(7)19-26(2)20-32(39)8)42(37)44-45-43-47(40-33(9)21-27(3)22-34(40)10)15-16-48(43)41-35(11)23-28(4)24-36(41)12/h13-24,43H,1-12H3. The van der Waals surface area contributed by atoms with E-state index in [2.05, 4.69) is 185 Å². The summed E-state index contributed by atoms with van der Waals surface area (Å²) >= 11 is 0. The zero-order valence-electron chi connectivity index (χ0n) is 31.0. The number of hydrogen-bond acceptors (Lipinski definition) is 2. The van der Waals surface area contributed by atoms with Gasteiger partial charge in [-0.05, 0) is 150 Å². The zero-order chi connectivity index (χ0) is 34.6. The molecule has 5 heteroatoms. The molecule has 5 aromatic rings. The van der Waals surface area contributed by atoms with Crippen molar-refractivity contribution in [3.05, 3.63) is 140 Å². The van der Waals surface area contributed by atoms with E-state index in [9.17, 15) is 0 Å². The Hall–Kier alpha value is -4.37. The van der Waals surface area contributed by atoms with Crippen molar-refractivity contribution in [3.8, 4) is 16.8 Å². The van der Waals surface area contributed by atoms with Crippen molar-refractivity contribution in [1.82, 2.24) is 4.57 Å². The van der Waals surface area contributed by atoms with Gasteiger partial charge in [-0.25, -0.2) is 0 Å². The van der Waals surface area contributed by atoms with Crippen molar-refractivity contribution in [2.24, 2.45) is 0 Å². The molecule has 1 aliphatic rings. The average Bonchev–Trinajstić information content (AvgIpc) is 3.54. The number of benzene rings is 4. The van der Waals surface area contributed by atoms with Gasteiger partial charge in [0.1, 0.15) is 14.3 Å². The number of aromatic nitrogens is 1. The summed E-state index contributed by atoms with van der Waals surface area (Å²) in [6.45, 7) is 26.7. The Labute approximate surface area is 290 Å². The van der Waals surface area contributed by atoms with Crippen molar-refractivity contribution >= 4 is 31.3 Å². The largest absolute Gasteiger partial charge is 0.334 e. The van der Waals surface area contributed by atoms with Gasteiger partial charge in [0.2, 0.25) is 0 Å². The van der Waals surface area contributed by atoms with E-state index in [1.165, 1.54) is 101 Å². The van der Waals surface area contributed by atoms with Crippen molar-refractivity contribution in [1.29, 1.82) is 0 Å². The van der Waals surface area contributed by atoms with E-state index in [-0.39, 0.29) is 6.07 Å². The zero-order valence-corrected chi connectivity index (χ0v) is 31.0. The summed E-state index contributed by atoms with van der Waals surface area (Å²) in [5.41, 5.74) is 23.1. The Morgan fingerprint density at radius 3 is 1.21 bits per heavy atom. The Morgan fingerprint density at radius 2 is 0.812 bits per heavy atom. The molecule has 2 heterocycles. The number of nitrogens with zero attached hydrogens (tertiary/aromatic N) is 3. The molecule has 6 rings (SSSR count). The Morgan fingerprint density at radius 1 is 0.458 bits per heavy atom. The quantitative estimate of drug-likeness (QED) is 0.166. The van der Waals surface area contributed by atoms with Gasteiger partial charge in [-0.1, -0.05) is 70.8 Å². The highest BCUT2D eigenvalue weighted by molar-refractivity contribution is 7.08. The summed E-state index contributed by atoms with van der Waals surface area (Å²) in [4.78, 5) is 4.91. The lowest BCUT2D eigenvalue weighted by Gasteiger charge is -2.36. The van der Waals surface area contributed by atoms with E-state index >= 15 is 0 Å². The second-order valence-corrected chi connectivity index (χ2v) is 14.4. The molecule has 0 N–H and O–H groups in total. The summed E-state index contributed by atoms with van der Waals surface area (Å²) in [6.07, 6.45) is 6.80. The topological polar surface area (TPSA) is 11.4 Å². The molecule has 1 aromatic heterocycles. The molecule has 1 aliphatic heterocycles. The molecule has 0 atom stereocenters. The minimum Gasteiger partial charge on any atom is -0.334 e. The molecule has 4 aromatic carbocycles. The van der Waals surface area contributed by atoms with Crippen LogP contribution in [0.5, 0.6) is 0 Å². The Balaban J connectivity index is 1.52. The van der Waals surface area contributed by atoms with Crippen LogP contribution in [-0.4, -0.2) is 25.0 Å². The van der Waals surface area contributed by atoms with Crippen LogP contribution in [0.1, 0.15) is 66.8 Å². The minimum absolute atomic E-state index is 0.0539. The molecule has 0 amide bonds. The normalized spacial score (nSPS) is 13.2. The van der Waals surface area contributed by atoms with E-state index in [4.69, 9.17) is 0 Å². The van der Waals surface area contributed by atoms with Gasteiger partial charge in [0, 0.05) is 30.0 Å². The monoisotopic (exact) mass is 629 g/mol. The van der Waals surface area contributed by atoms with Gasteiger partial charge < -0.3 is 14.4 Å². The summed E-state index contributed by atoms with van der Waals surface area (Å²) in [5.74, 6) is 0. The van der Waals surface area contributed by atoms with Crippen molar-refractivity contribution < 1.29 is 0 Å². The highest BCUT2D eigenvalue weighted by Crippen LogP contribution is 2.37. The van der Waals surface area contributed by atoms with Crippen LogP contribution in [0, 0.1) is 83.1 Å². The van der Waals surface area contributed by atoms with E-state index in [1.54, 1.807) is 0 Å². The van der Waals surface area contributed by atoms with Crippen molar-refractivity contribution in [2.45, 2.75) is 89.1 Å².